The molecule has 7 nitrogen and oxygen atoms in total. The number of benzene rings is 1. The molecule has 0 bridgehead atoms. The van der Waals surface area contributed by atoms with E-state index in [2.05, 4.69) is 0 Å². The average Bonchev–Trinajstić information content (AvgIpc) is 3.27. The van der Waals surface area contributed by atoms with Crippen molar-refractivity contribution >= 4 is 28.9 Å². The van der Waals surface area contributed by atoms with Crippen molar-refractivity contribution in [1.29, 1.82) is 0 Å². The predicted octanol–water partition coefficient (Wildman–Crippen LogP) is 3.16. The lowest BCUT2D eigenvalue weighted by molar-refractivity contribution is -0.385. The summed E-state index contributed by atoms with van der Waals surface area (Å²) >= 11 is 0.919. The zero-order chi connectivity index (χ0) is 17.3. The highest BCUT2D eigenvalue weighted by Gasteiger charge is 2.35. The summed E-state index contributed by atoms with van der Waals surface area (Å²) in [7, 11) is 0. The Morgan fingerprint density at radius 1 is 1.21 bits per heavy atom. The van der Waals surface area contributed by atoms with Crippen LogP contribution in [0, 0.1) is 10.1 Å². The predicted molar refractivity (Wildman–Crippen MR) is 87.3 cm³/mol. The van der Waals surface area contributed by atoms with Crippen LogP contribution in [0.1, 0.15) is 37.7 Å². The number of carboxylic acid groups (broad SMARTS) is 1. The first-order valence-electron chi connectivity index (χ1n) is 7.33. The van der Waals surface area contributed by atoms with Gasteiger partial charge in [0.15, 0.2) is 0 Å². The van der Waals surface area contributed by atoms with E-state index >= 15 is 0 Å². The Hall–Kier alpha value is -2.74. The van der Waals surface area contributed by atoms with Crippen LogP contribution in [0.2, 0.25) is 0 Å². The van der Waals surface area contributed by atoms with Crippen molar-refractivity contribution in [3.05, 3.63) is 61.8 Å². The standard InChI is InChI=1S/C16H14N2O5S/c19-15(13-7-8-14(24-13)16(20)21)17(11-5-6-11)9-10-3-1-2-4-12(10)18(22)23/h1-4,7-8,11H,5-6,9H2,(H,20,21). The van der Waals surface area contributed by atoms with Crippen LogP contribution in [0.4, 0.5) is 5.69 Å². The third-order valence-electron chi connectivity index (χ3n) is 3.81. The van der Waals surface area contributed by atoms with E-state index < -0.39 is 10.9 Å². The summed E-state index contributed by atoms with van der Waals surface area (Å²) in [6.07, 6.45) is 1.70. The van der Waals surface area contributed by atoms with Gasteiger partial charge in [0.1, 0.15) is 4.88 Å². The molecular weight excluding hydrogens is 332 g/mol. The lowest BCUT2D eigenvalue weighted by Gasteiger charge is -2.21. The fraction of sp³-hybridized carbons (Fsp3) is 0.250. The van der Waals surface area contributed by atoms with Crippen molar-refractivity contribution < 1.29 is 19.6 Å². The fourth-order valence-electron chi connectivity index (χ4n) is 2.47. The number of nitrogens with zero attached hydrogens (tertiary/aromatic N) is 2. The van der Waals surface area contributed by atoms with Crippen LogP contribution < -0.4 is 0 Å². The SMILES string of the molecule is O=C(O)c1ccc(C(=O)N(Cc2ccccc2[N+](=O)[O-])C2CC2)s1. The summed E-state index contributed by atoms with van der Waals surface area (Å²) < 4.78 is 0. The number of para-hydroxylation sites is 1. The van der Waals surface area contributed by atoms with Crippen molar-refractivity contribution in [1.82, 2.24) is 4.90 Å². The molecule has 3 rings (SSSR count). The quantitative estimate of drug-likeness (QED) is 0.639. The van der Waals surface area contributed by atoms with Gasteiger partial charge in [-0.2, -0.15) is 0 Å². The minimum Gasteiger partial charge on any atom is -0.477 e. The molecule has 1 aromatic heterocycles. The molecule has 0 atom stereocenters. The molecule has 0 spiro atoms. The third kappa shape index (κ3) is 3.28. The van der Waals surface area contributed by atoms with E-state index in [1.54, 1.807) is 23.1 Å². The molecule has 1 aromatic carbocycles. The van der Waals surface area contributed by atoms with E-state index in [4.69, 9.17) is 5.11 Å². The number of carbonyl (C=O) groups is 2. The number of hydrogen-bond acceptors (Lipinski definition) is 5. The van der Waals surface area contributed by atoms with E-state index in [0.717, 1.165) is 24.2 Å². The second kappa shape index (κ2) is 6.40. The van der Waals surface area contributed by atoms with Crippen LogP contribution in [-0.2, 0) is 6.54 Å². The van der Waals surface area contributed by atoms with Gasteiger partial charge in [-0.05, 0) is 25.0 Å². The fourth-order valence-corrected chi connectivity index (χ4v) is 3.27. The minimum atomic E-state index is -1.07. The van der Waals surface area contributed by atoms with Crippen LogP contribution >= 0.6 is 11.3 Å². The lowest BCUT2D eigenvalue weighted by atomic mass is 10.1. The first-order chi connectivity index (χ1) is 11.5. The maximum Gasteiger partial charge on any atom is 0.345 e. The van der Waals surface area contributed by atoms with Crippen molar-refractivity contribution in [2.24, 2.45) is 0 Å². The molecule has 1 amide bonds. The minimum absolute atomic E-state index is 0.0200. The molecule has 1 heterocycles. The number of nitro benzene ring substituents is 1. The Morgan fingerprint density at radius 2 is 1.88 bits per heavy atom. The van der Waals surface area contributed by atoms with Crippen LogP contribution in [0.15, 0.2) is 36.4 Å². The maximum absolute atomic E-state index is 12.7. The monoisotopic (exact) mass is 346 g/mol. The number of rotatable bonds is 6. The molecule has 8 heteroatoms. The zero-order valence-electron chi connectivity index (χ0n) is 12.5. The molecule has 1 N–H and O–H groups in total. The van der Waals surface area contributed by atoms with Gasteiger partial charge in [-0.25, -0.2) is 4.79 Å². The van der Waals surface area contributed by atoms with Crippen molar-refractivity contribution in [3.63, 3.8) is 0 Å². The van der Waals surface area contributed by atoms with Gasteiger partial charge in [0.05, 0.1) is 16.3 Å². The largest absolute Gasteiger partial charge is 0.477 e. The van der Waals surface area contributed by atoms with Gasteiger partial charge in [0.2, 0.25) is 0 Å². The van der Waals surface area contributed by atoms with Crippen LogP contribution in [0.3, 0.4) is 0 Å². The smallest absolute Gasteiger partial charge is 0.345 e. The van der Waals surface area contributed by atoms with Gasteiger partial charge in [-0.15, -0.1) is 11.3 Å². The second-order valence-electron chi connectivity index (χ2n) is 5.52. The number of nitro groups is 1. The summed E-state index contributed by atoms with van der Waals surface area (Å²) in [5.74, 6) is -1.36. The Bertz CT molecular complexity index is 812. The summed E-state index contributed by atoms with van der Waals surface area (Å²) in [5, 5.41) is 20.1. The Balaban J connectivity index is 1.86. The van der Waals surface area contributed by atoms with Gasteiger partial charge in [-0.3, -0.25) is 14.9 Å². The first kappa shape index (κ1) is 16.1. The van der Waals surface area contributed by atoms with Gasteiger partial charge in [0.25, 0.3) is 11.6 Å². The Kier molecular flexibility index (Phi) is 4.30. The Morgan fingerprint density at radius 3 is 2.46 bits per heavy atom. The number of carbonyl (C=O) groups excluding carboxylic acids is 1. The Labute approximate surface area is 141 Å². The number of carboxylic acids is 1. The summed E-state index contributed by atoms with van der Waals surface area (Å²) in [6.45, 7) is 0.140. The molecule has 0 aliphatic heterocycles. The number of hydrogen-bond donors (Lipinski definition) is 1. The van der Waals surface area contributed by atoms with E-state index in [0.29, 0.717) is 10.4 Å². The highest BCUT2D eigenvalue weighted by Crippen LogP contribution is 2.32. The molecule has 2 aromatic rings. The van der Waals surface area contributed by atoms with E-state index in [9.17, 15) is 19.7 Å². The van der Waals surface area contributed by atoms with Crippen molar-refractivity contribution in [2.45, 2.75) is 25.4 Å². The molecule has 0 unspecified atom stereocenters. The topological polar surface area (TPSA) is 101 Å². The summed E-state index contributed by atoms with van der Waals surface area (Å²) in [4.78, 5) is 36.4. The van der Waals surface area contributed by atoms with Gasteiger partial charge in [-0.1, -0.05) is 18.2 Å². The van der Waals surface area contributed by atoms with E-state index in [-0.39, 0.29) is 29.1 Å². The van der Waals surface area contributed by atoms with Crippen molar-refractivity contribution in [2.75, 3.05) is 0 Å². The maximum atomic E-state index is 12.7. The third-order valence-corrected chi connectivity index (χ3v) is 4.87. The highest BCUT2D eigenvalue weighted by molar-refractivity contribution is 7.15. The van der Waals surface area contributed by atoms with Crippen molar-refractivity contribution in [3.8, 4) is 0 Å². The molecule has 124 valence electrons. The second-order valence-corrected chi connectivity index (χ2v) is 6.60. The lowest BCUT2D eigenvalue weighted by Crippen LogP contribution is -2.32. The molecule has 1 saturated carbocycles. The van der Waals surface area contributed by atoms with Crippen LogP contribution in [-0.4, -0.2) is 32.8 Å². The number of aromatic carboxylic acids is 1. The van der Waals surface area contributed by atoms with E-state index in [1.807, 2.05) is 0 Å². The van der Waals surface area contributed by atoms with Gasteiger partial charge >= 0.3 is 5.97 Å². The molecule has 0 saturated heterocycles. The molecule has 1 aliphatic rings. The molecule has 0 radical (unpaired) electrons. The summed E-state index contributed by atoms with van der Waals surface area (Å²) in [5.41, 5.74) is 0.450. The average molecular weight is 346 g/mol. The van der Waals surface area contributed by atoms with E-state index in [1.165, 1.54) is 18.2 Å². The molecular formula is C16H14N2O5S. The van der Waals surface area contributed by atoms with Crippen LogP contribution in [0.25, 0.3) is 0 Å². The number of amides is 1. The van der Waals surface area contributed by atoms with Crippen LogP contribution in [0.5, 0.6) is 0 Å². The summed E-state index contributed by atoms with van der Waals surface area (Å²) in [6, 6.07) is 9.28. The molecule has 1 fully saturated rings. The molecule has 24 heavy (non-hydrogen) atoms. The van der Waals surface area contributed by atoms with Gasteiger partial charge < -0.3 is 10.0 Å². The normalized spacial score (nSPS) is 13.5. The zero-order valence-corrected chi connectivity index (χ0v) is 13.4. The van der Waals surface area contributed by atoms with Gasteiger partial charge in [0, 0.05) is 17.7 Å². The first-order valence-corrected chi connectivity index (χ1v) is 8.15. The number of thiophene rings is 1. The highest BCUT2D eigenvalue weighted by atomic mass is 32.1. The molecule has 1 aliphatic carbocycles.